The van der Waals surface area contributed by atoms with Gasteiger partial charge in [0.25, 0.3) is 5.56 Å². The zero-order chi connectivity index (χ0) is 17.9. The number of nitrogen functional groups attached to an aromatic ring is 1. The van der Waals surface area contributed by atoms with Crippen molar-refractivity contribution in [2.45, 2.75) is 38.6 Å². The molecule has 1 aromatic carbocycles. The summed E-state index contributed by atoms with van der Waals surface area (Å²) in [6.45, 7) is 5.46. The first kappa shape index (κ1) is 17.5. The molecule has 128 valence electrons. The van der Waals surface area contributed by atoms with Crippen molar-refractivity contribution in [2.75, 3.05) is 11.2 Å². The summed E-state index contributed by atoms with van der Waals surface area (Å²) in [6.07, 6.45) is 0.215. The van der Waals surface area contributed by atoms with Crippen LogP contribution in [0.3, 0.4) is 0 Å². The van der Waals surface area contributed by atoms with E-state index in [-0.39, 0.29) is 18.1 Å². The van der Waals surface area contributed by atoms with E-state index in [9.17, 15) is 14.7 Å². The molecular formula is C16H21N5O3. The molecule has 0 saturated heterocycles. The number of hydrogen-bond donors (Lipinski definition) is 3. The summed E-state index contributed by atoms with van der Waals surface area (Å²) in [4.78, 5) is 23.8. The van der Waals surface area contributed by atoms with Crippen LogP contribution in [0.15, 0.2) is 35.1 Å². The Labute approximate surface area is 139 Å². The first-order valence-corrected chi connectivity index (χ1v) is 7.48. The molecule has 8 nitrogen and oxygen atoms in total. The van der Waals surface area contributed by atoms with Gasteiger partial charge < -0.3 is 16.3 Å². The Bertz CT molecular complexity index is 781. The summed E-state index contributed by atoms with van der Waals surface area (Å²) >= 11 is 0. The number of nitrogens with zero attached hydrogens (tertiary/aromatic N) is 3. The fraction of sp³-hybridized carbons (Fsp3) is 0.375. The molecule has 0 aliphatic carbocycles. The van der Waals surface area contributed by atoms with E-state index < -0.39 is 23.0 Å². The second-order valence-corrected chi connectivity index (χ2v) is 6.52. The molecule has 1 atom stereocenters. The zero-order valence-corrected chi connectivity index (χ0v) is 13.9. The van der Waals surface area contributed by atoms with Crippen LogP contribution >= 0.6 is 0 Å². The van der Waals surface area contributed by atoms with Crippen LogP contribution in [-0.2, 0) is 16.6 Å². The zero-order valence-electron chi connectivity index (χ0n) is 13.9. The van der Waals surface area contributed by atoms with Crippen molar-refractivity contribution in [1.29, 1.82) is 0 Å². The van der Waals surface area contributed by atoms with Gasteiger partial charge in [-0.05, 0) is 5.56 Å². The van der Waals surface area contributed by atoms with Crippen molar-refractivity contribution in [3.8, 4) is 0 Å². The lowest BCUT2D eigenvalue weighted by molar-refractivity contribution is -0.137. The van der Waals surface area contributed by atoms with Crippen molar-refractivity contribution < 1.29 is 9.90 Å². The third kappa shape index (κ3) is 3.89. The van der Waals surface area contributed by atoms with E-state index in [2.05, 4.69) is 15.5 Å². The Balaban J connectivity index is 2.29. The molecule has 0 spiro atoms. The molecule has 2 rings (SSSR count). The number of nitrogens with two attached hydrogens (primary N) is 1. The van der Waals surface area contributed by atoms with Crippen LogP contribution in [0.2, 0.25) is 0 Å². The van der Waals surface area contributed by atoms with Gasteiger partial charge in [0.15, 0.2) is 0 Å². The van der Waals surface area contributed by atoms with Crippen molar-refractivity contribution in [2.24, 2.45) is 0 Å². The van der Waals surface area contributed by atoms with E-state index in [4.69, 9.17) is 5.84 Å². The number of carbonyl (C=O) groups is 1. The standard InChI is InChI=1S/C16H21N5O3/c1-16(2,3)12-13(22)21(17)15(20-19-12)18-11(14(23)24)9-10-7-5-4-6-8-10/h4-8,11H,9,17H2,1-3H3,(H,18,20)(H,23,24). The Morgan fingerprint density at radius 3 is 2.46 bits per heavy atom. The van der Waals surface area contributed by atoms with Crippen LogP contribution in [-0.4, -0.2) is 32.0 Å². The molecule has 24 heavy (non-hydrogen) atoms. The van der Waals surface area contributed by atoms with Gasteiger partial charge in [-0.25, -0.2) is 4.79 Å². The molecule has 1 aromatic heterocycles. The molecule has 1 unspecified atom stereocenters. The van der Waals surface area contributed by atoms with Gasteiger partial charge in [0.1, 0.15) is 11.7 Å². The molecule has 0 fully saturated rings. The Hall–Kier alpha value is -2.90. The lowest BCUT2D eigenvalue weighted by Crippen LogP contribution is -2.41. The predicted octanol–water partition coefficient (Wildman–Crippen LogP) is 0.757. The van der Waals surface area contributed by atoms with E-state index >= 15 is 0 Å². The normalized spacial score (nSPS) is 12.6. The molecule has 0 aliphatic rings. The minimum atomic E-state index is -1.08. The van der Waals surface area contributed by atoms with Crippen LogP contribution < -0.4 is 16.7 Å². The lowest BCUT2D eigenvalue weighted by atomic mass is 9.93. The summed E-state index contributed by atoms with van der Waals surface area (Å²) in [5.41, 5.74) is 0.0249. The topological polar surface area (TPSA) is 123 Å². The van der Waals surface area contributed by atoms with Gasteiger partial charge in [-0.1, -0.05) is 51.1 Å². The summed E-state index contributed by atoms with van der Waals surface area (Å²) in [5, 5.41) is 19.9. The number of rotatable bonds is 5. The minimum absolute atomic E-state index is 0.0867. The number of nitrogens with one attached hydrogen (secondary N) is 1. The van der Waals surface area contributed by atoms with Gasteiger partial charge in [0.2, 0.25) is 5.95 Å². The number of carboxylic acid groups (broad SMARTS) is 1. The maximum atomic E-state index is 12.3. The second kappa shape index (κ2) is 6.69. The van der Waals surface area contributed by atoms with E-state index in [0.29, 0.717) is 0 Å². The smallest absolute Gasteiger partial charge is 0.326 e. The van der Waals surface area contributed by atoms with Crippen molar-refractivity contribution in [3.63, 3.8) is 0 Å². The number of aliphatic carboxylic acids is 1. The van der Waals surface area contributed by atoms with Gasteiger partial charge in [0.05, 0.1) is 0 Å². The number of carboxylic acids is 1. The van der Waals surface area contributed by atoms with Crippen LogP contribution in [0.1, 0.15) is 32.0 Å². The quantitative estimate of drug-likeness (QED) is 0.691. The Morgan fingerprint density at radius 2 is 1.92 bits per heavy atom. The van der Waals surface area contributed by atoms with Crippen molar-refractivity contribution in [1.82, 2.24) is 14.9 Å². The van der Waals surface area contributed by atoms with Gasteiger partial charge in [-0.15, -0.1) is 10.2 Å². The predicted molar refractivity (Wildman–Crippen MR) is 90.3 cm³/mol. The highest BCUT2D eigenvalue weighted by atomic mass is 16.4. The maximum Gasteiger partial charge on any atom is 0.326 e. The molecule has 0 amide bonds. The summed E-state index contributed by atoms with van der Waals surface area (Å²) in [6, 6.07) is 8.15. The Kier molecular flexibility index (Phi) is 4.87. The van der Waals surface area contributed by atoms with Crippen LogP contribution in [0, 0.1) is 0 Å². The SMILES string of the molecule is CC(C)(C)c1nnc(NC(Cc2ccccc2)C(=O)O)n(N)c1=O. The number of anilines is 1. The van der Waals surface area contributed by atoms with E-state index in [1.807, 2.05) is 51.1 Å². The van der Waals surface area contributed by atoms with Gasteiger partial charge >= 0.3 is 5.97 Å². The molecule has 0 radical (unpaired) electrons. The Morgan fingerprint density at radius 1 is 1.29 bits per heavy atom. The van der Waals surface area contributed by atoms with Crippen LogP contribution in [0.25, 0.3) is 0 Å². The summed E-state index contributed by atoms with van der Waals surface area (Å²) < 4.78 is 0.800. The van der Waals surface area contributed by atoms with Crippen molar-refractivity contribution in [3.05, 3.63) is 51.9 Å². The molecule has 8 heteroatoms. The summed E-state index contributed by atoms with van der Waals surface area (Å²) in [5.74, 6) is 4.61. The average Bonchev–Trinajstić information content (AvgIpc) is 2.50. The van der Waals surface area contributed by atoms with Crippen LogP contribution in [0.5, 0.6) is 0 Å². The molecular weight excluding hydrogens is 310 g/mol. The van der Waals surface area contributed by atoms with E-state index in [0.717, 1.165) is 10.2 Å². The number of hydrogen-bond acceptors (Lipinski definition) is 6. The maximum absolute atomic E-state index is 12.3. The molecule has 4 N–H and O–H groups in total. The average molecular weight is 331 g/mol. The van der Waals surface area contributed by atoms with Gasteiger partial charge in [-0.3, -0.25) is 4.79 Å². The van der Waals surface area contributed by atoms with Crippen molar-refractivity contribution >= 4 is 11.9 Å². The number of aromatic nitrogens is 3. The highest BCUT2D eigenvalue weighted by Crippen LogP contribution is 2.16. The highest BCUT2D eigenvalue weighted by Gasteiger charge is 2.25. The second-order valence-electron chi connectivity index (χ2n) is 6.52. The lowest BCUT2D eigenvalue weighted by Gasteiger charge is -2.19. The largest absolute Gasteiger partial charge is 0.480 e. The first-order valence-electron chi connectivity index (χ1n) is 7.48. The van der Waals surface area contributed by atoms with E-state index in [1.165, 1.54) is 0 Å². The van der Waals surface area contributed by atoms with Gasteiger partial charge in [0, 0.05) is 11.8 Å². The first-order chi connectivity index (χ1) is 11.2. The summed E-state index contributed by atoms with van der Waals surface area (Å²) in [7, 11) is 0. The fourth-order valence-electron chi connectivity index (χ4n) is 2.17. The highest BCUT2D eigenvalue weighted by molar-refractivity contribution is 5.77. The molecule has 1 heterocycles. The van der Waals surface area contributed by atoms with Crippen LogP contribution in [0.4, 0.5) is 5.95 Å². The molecule has 0 aliphatic heterocycles. The molecule has 0 saturated carbocycles. The fourth-order valence-corrected chi connectivity index (χ4v) is 2.17. The minimum Gasteiger partial charge on any atom is -0.480 e. The third-order valence-corrected chi connectivity index (χ3v) is 3.49. The molecule has 2 aromatic rings. The van der Waals surface area contributed by atoms with Gasteiger partial charge in [-0.2, -0.15) is 4.68 Å². The third-order valence-electron chi connectivity index (χ3n) is 3.49. The van der Waals surface area contributed by atoms with E-state index in [1.54, 1.807) is 0 Å². The molecule has 0 bridgehead atoms. The number of benzene rings is 1. The monoisotopic (exact) mass is 331 g/mol.